The van der Waals surface area contributed by atoms with Gasteiger partial charge in [0.1, 0.15) is 12.6 Å². The van der Waals surface area contributed by atoms with Crippen LogP contribution in [0.1, 0.15) is 149 Å². The highest BCUT2D eigenvalue weighted by Gasteiger charge is 2.28. The van der Waals surface area contributed by atoms with Crippen LogP contribution in [0.4, 0.5) is 0 Å². The summed E-state index contributed by atoms with van der Waals surface area (Å²) in [4.78, 5) is 45.7. The third kappa shape index (κ3) is 34.3. The first-order valence-corrected chi connectivity index (χ1v) is 20.7. The largest absolute Gasteiger partial charge is 0.480 e. The summed E-state index contributed by atoms with van der Waals surface area (Å²) in [6, 6.07) is -1.53. The molecule has 0 heterocycles. The Hall–Kier alpha value is -2.56. The number of carbonyl (C=O) groups is 3. The van der Waals surface area contributed by atoms with Gasteiger partial charge in [-0.15, -0.1) is 0 Å². The van der Waals surface area contributed by atoms with Gasteiger partial charge in [0.15, 0.2) is 6.10 Å². The van der Waals surface area contributed by atoms with Crippen LogP contribution in [0.2, 0.25) is 0 Å². The molecule has 0 bridgehead atoms. The van der Waals surface area contributed by atoms with Gasteiger partial charge in [-0.2, -0.15) is 0 Å². The van der Waals surface area contributed by atoms with Crippen LogP contribution in [0.15, 0.2) is 48.6 Å². The predicted octanol–water partition coefficient (Wildman–Crippen LogP) is 9.44. The number of hydrogen-bond acceptors (Lipinski definition) is 9. The molecule has 1 unspecified atom stereocenters. The molecule has 0 aliphatic rings. The van der Waals surface area contributed by atoms with Crippen LogP contribution in [-0.4, -0.2) is 59.9 Å². The van der Waals surface area contributed by atoms with Crippen molar-refractivity contribution in [2.45, 2.75) is 161 Å². The Morgan fingerprint density at radius 2 is 1.06 bits per heavy atom. The number of carbonyl (C=O) groups excluding carboxylic acids is 2. The molecule has 0 aliphatic heterocycles. The number of esters is 2. The number of nitrogens with two attached hydrogens (primary N) is 1. The summed E-state index contributed by atoms with van der Waals surface area (Å²) in [5.74, 6) is -2.46. The van der Waals surface area contributed by atoms with Crippen LogP contribution in [0.5, 0.6) is 0 Å². The molecule has 0 spiro atoms. The van der Waals surface area contributed by atoms with E-state index in [1.54, 1.807) is 0 Å². The van der Waals surface area contributed by atoms with Crippen LogP contribution >= 0.6 is 7.82 Å². The minimum atomic E-state index is -4.72. The maximum Gasteiger partial charge on any atom is 0.472 e. The SMILES string of the molecule is CCCCC/C=C\C/C=C\C/C=C\C/C=C\CCCC(=O)O[C@H](COC(=O)CCCCCCCCCCCC)COP(=O)(O)OC[C@H](N)C(=O)O. The smallest absolute Gasteiger partial charge is 0.472 e. The lowest BCUT2D eigenvalue weighted by atomic mass is 10.1. The fourth-order valence-corrected chi connectivity index (χ4v) is 5.54. The average molecular weight is 742 g/mol. The predicted molar refractivity (Wildman–Crippen MR) is 203 cm³/mol. The normalized spacial score (nSPS) is 14.4. The highest BCUT2D eigenvalue weighted by atomic mass is 31.2. The molecule has 0 aliphatic carbocycles. The molecule has 0 aromatic carbocycles. The lowest BCUT2D eigenvalue weighted by molar-refractivity contribution is -0.161. The lowest BCUT2D eigenvalue weighted by Gasteiger charge is -2.20. The Labute approximate surface area is 307 Å². The molecule has 294 valence electrons. The Bertz CT molecular complexity index is 1060. The number of carboxylic acid groups (broad SMARTS) is 1. The van der Waals surface area contributed by atoms with Crippen molar-refractivity contribution >= 4 is 25.7 Å². The van der Waals surface area contributed by atoms with Crippen LogP contribution in [-0.2, 0) is 37.5 Å². The minimum absolute atomic E-state index is 0.0851. The van der Waals surface area contributed by atoms with Gasteiger partial charge < -0.3 is 25.2 Å². The van der Waals surface area contributed by atoms with Gasteiger partial charge in [0.2, 0.25) is 0 Å². The standard InChI is InChI=1S/C39H68NO10P/c1-3-5-7-9-11-13-15-16-17-18-19-20-21-23-25-27-29-31-38(42)50-35(33-48-51(45,46)49-34-36(40)39(43)44)32-47-37(41)30-28-26-24-22-14-12-10-8-6-4-2/h11,13,16-17,19-20,23,25,35-36H,3-10,12,14-15,18,21-22,24,26-34,40H2,1-2H3,(H,43,44)(H,45,46)/b13-11-,17-16-,20-19-,25-23-/t35-,36+/m1/s1. The summed E-state index contributed by atoms with van der Waals surface area (Å²) in [7, 11) is -4.72. The van der Waals surface area contributed by atoms with Gasteiger partial charge in [0.05, 0.1) is 13.2 Å². The van der Waals surface area contributed by atoms with E-state index in [4.69, 9.17) is 24.8 Å². The van der Waals surface area contributed by atoms with E-state index in [1.807, 2.05) is 12.2 Å². The Morgan fingerprint density at radius 1 is 0.608 bits per heavy atom. The van der Waals surface area contributed by atoms with Crippen molar-refractivity contribution in [3.05, 3.63) is 48.6 Å². The first-order chi connectivity index (χ1) is 24.6. The van der Waals surface area contributed by atoms with E-state index in [9.17, 15) is 23.8 Å². The molecule has 0 aromatic rings. The molecule has 0 fully saturated rings. The summed E-state index contributed by atoms with van der Waals surface area (Å²) >= 11 is 0. The second-order valence-electron chi connectivity index (χ2n) is 12.7. The number of hydrogen-bond donors (Lipinski definition) is 3. The molecule has 0 aromatic heterocycles. The zero-order valence-electron chi connectivity index (χ0n) is 31.4. The van der Waals surface area contributed by atoms with Gasteiger partial charge in [-0.25, -0.2) is 4.57 Å². The van der Waals surface area contributed by atoms with Crippen molar-refractivity contribution in [2.24, 2.45) is 5.73 Å². The molecule has 11 nitrogen and oxygen atoms in total. The Kier molecular flexibility index (Phi) is 32.8. The first-order valence-electron chi connectivity index (χ1n) is 19.2. The van der Waals surface area contributed by atoms with Crippen LogP contribution in [0.3, 0.4) is 0 Å². The zero-order chi connectivity index (χ0) is 37.8. The molecule has 12 heteroatoms. The number of phosphoric ester groups is 1. The number of aliphatic carboxylic acids is 1. The highest BCUT2D eigenvalue weighted by Crippen LogP contribution is 2.43. The quantitative estimate of drug-likeness (QED) is 0.0244. The summed E-state index contributed by atoms with van der Waals surface area (Å²) in [5, 5.41) is 8.85. The highest BCUT2D eigenvalue weighted by molar-refractivity contribution is 7.47. The summed E-state index contributed by atoms with van der Waals surface area (Å²) in [6.45, 7) is 2.68. The van der Waals surface area contributed by atoms with Gasteiger partial charge in [0, 0.05) is 12.8 Å². The van der Waals surface area contributed by atoms with Crippen molar-refractivity contribution in [2.75, 3.05) is 19.8 Å². The number of unbranched alkanes of at least 4 members (excludes halogenated alkanes) is 13. The number of ether oxygens (including phenoxy) is 2. The van der Waals surface area contributed by atoms with E-state index in [-0.39, 0.29) is 19.4 Å². The molecule has 0 radical (unpaired) electrons. The van der Waals surface area contributed by atoms with Crippen molar-refractivity contribution in [1.29, 1.82) is 0 Å². The topological polar surface area (TPSA) is 172 Å². The maximum absolute atomic E-state index is 12.5. The number of rotatable bonds is 35. The molecule has 0 saturated carbocycles. The molecule has 0 rings (SSSR count). The fraction of sp³-hybridized carbons (Fsp3) is 0.718. The molecule has 3 atom stereocenters. The van der Waals surface area contributed by atoms with E-state index in [0.717, 1.165) is 44.9 Å². The third-order valence-corrected chi connectivity index (χ3v) is 8.78. The maximum atomic E-state index is 12.5. The molecule has 0 saturated heterocycles. The summed E-state index contributed by atoms with van der Waals surface area (Å²) in [5.41, 5.74) is 5.31. The van der Waals surface area contributed by atoms with Crippen LogP contribution in [0.25, 0.3) is 0 Å². The van der Waals surface area contributed by atoms with Crippen molar-refractivity contribution in [1.82, 2.24) is 0 Å². The number of allylic oxidation sites excluding steroid dienone is 8. The number of carboxylic acids is 1. The second-order valence-corrected chi connectivity index (χ2v) is 14.2. The van der Waals surface area contributed by atoms with E-state index in [1.165, 1.54) is 57.8 Å². The van der Waals surface area contributed by atoms with Gasteiger partial charge >= 0.3 is 25.7 Å². The molecular formula is C39H68NO10P. The Morgan fingerprint density at radius 3 is 1.61 bits per heavy atom. The third-order valence-electron chi connectivity index (χ3n) is 7.83. The monoisotopic (exact) mass is 741 g/mol. The van der Waals surface area contributed by atoms with E-state index in [2.05, 4.69) is 54.8 Å². The van der Waals surface area contributed by atoms with Crippen LogP contribution < -0.4 is 5.73 Å². The van der Waals surface area contributed by atoms with E-state index < -0.39 is 51.1 Å². The Balaban J connectivity index is 4.55. The second kappa shape index (κ2) is 34.5. The average Bonchev–Trinajstić information content (AvgIpc) is 3.10. The zero-order valence-corrected chi connectivity index (χ0v) is 32.3. The van der Waals surface area contributed by atoms with E-state index in [0.29, 0.717) is 19.3 Å². The molecule has 0 amide bonds. The first kappa shape index (κ1) is 48.4. The van der Waals surface area contributed by atoms with Crippen molar-refractivity contribution in [3.8, 4) is 0 Å². The fourth-order valence-electron chi connectivity index (χ4n) is 4.76. The molecular weight excluding hydrogens is 673 g/mol. The summed E-state index contributed by atoms with van der Waals surface area (Å²) in [6.07, 6.45) is 36.2. The van der Waals surface area contributed by atoms with Crippen LogP contribution in [0, 0.1) is 0 Å². The molecule has 4 N–H and O–H groups in total. The van der Waals surface area contributed by atoms with Crippen molar-refractivity contribution in [3.63, 3.8) is 0 Å². The van der Waals surface area contributed by atoms with Gasteiger partial charge in [0.25, 0.3) is 0 Å². The number of phosphoric acid groups is 1. The minimum Gasteiger partial charge on any atom is -0.480 e. The lowest BCUT2D eigenvalue weighted by Crippen LogP contribution is -2.34. The molecule has 51 heavy (non-hydrogen) atoms. The van der Waals surface area contributed by atoms with Gasteiger partial charge in [-0.3, -0.25) is 23.4 Å². The van der Waals surface area contributed by atoms with Gasteiger partial charge in [-0.1, -0.05) is 133 Å². The van der Waals surface area contributed by atoms with Crippen molar-refractivity contribution < 1.29 is 47.5 Å². The summed E-state index contributed by atoms with van der Waals surface area (Å²) < 4.78 is 32.5. The van der Waals surface area contributed by atoms with Gasteiger partial charge in [-0.05, 0) is 51.4 Å². The van der Waals surface area contributed by atoms with E-state index >= 15 is 0 Å².